The first-order valence-electron chi connectivity index (χ1n) is 5.71. The van der Waals surface area contributed by atoms with Gasteiger partial charge in [-0.25, -0.2) is 4.79 Å². The molecular formula is C13H16N2O2. The van der Waals surface area contributed by atoms with Crippen LogP contribution in [-0.4, -0.2) is 22.3 Å². The molecule has 2 N–H and O–H groups in total. The Balaban J connectivity index is 2.17. The highest BCUT2D eigenvalue weighted by Gasteiger charge is 2.38. The molecule has 0 aromatic heterocycles. The second kappa shape index (κ2) is 4.20. The Bertz CT molecular complexity index is 465. The summed E-state index contributed by atoms with van der Waals surface area (Å²) >= 11 is 0. The molecule has 0 fully saturated rings. The summed E-state index contributed by atoms with van der Waals surface area (Å²) in [5, 5.41) is 13.2. The van der Waals surface area contributed by atoms with E-state index in [2.05, 4.69) is 17.5 Å². The molecular weight excluding hydrogens is 216 g/mol. The summed E-state index contributed by atoms with van der Waals surface area (Å²) in [4.78, 5) is 11.1. The van der Waals surface area contributed by atoms with Crippen LogP contribution < -0.4 is 5.43 Å². The maximum atomic E-state index is 11.1. The van der Waals surface area contributed by atoms with E-state index in [0.717, 1.165) is 17.7 Å². The van der Waals surface area contributed by atoms with Crippen LogP contribution in [-0.2, 0) is 11.2 Å². The lowest BCUT2D eigenvalue weighted by atomic mass is 9.94. The molecule has 1 aliphatic heterocycles. The van der Waals surface area contributed by atoms with Gasteiger partial charge in [-0.15, -0.1) is 0 Å². The lowest BCUT2D eigenvalue weighted by molar-refractivity contribution is -0.143. The van der Waals surface area contributed by atoms with Crippen molar-refractivity contribution in [2.24, 2.45) is 5.10 Å². The number of aliphatic carboxylic acids is 1. The fourth-order valence-electron chi connectivity index (χ4n) is 1.83. The molecule has 2 rings (SSSR count). The Kier molecular flexibility index (Phi) is 2.88. The third-order valence-electron chi connectivity index (χ3n) is 3.13. The van der Waals surface area contributed by atoms with Crippen molar-refractivity contribution in [3.63, 3.8) is 0 Å². The standard InChI is InChI=1S/C13H16N2O2/c1-3-9-4-6-10(7-5-9)11-8-13(2,12(16)17)15-14-11/h4-7,15H,3,8H2,1-2H3,(H,16,17). The van der Waals surface area contributed by atoms with Gasteiger partial charge in [0.05, 0.1) is 5.71 Å². The van der Waals surface area contributed by atoms with Crippen molar-refractivity contribution < 1.29 is 9.90 Å². The van der Waals surface area contributed by atoms with E-state index in [1.807, 2.05) is 24.3 Å². The molecule has 0 saturated heterocycles. The summed E-state index contributed by atoms with van der Waals surface area (Å²) < 4.78 is 0. The van der Waals surface area contributed by atoms with Crippen LogP contribution in [0.25, 0.3) is 0 Å². The summed E-state index contributed by atoms with van der Waals surface area (Å²) in [6.07, 6.45) is 1.41. The van der Waals surface area contributed by atoms with E-state index in [-0.39, 0.29) is 0 Å². The molecule has 0 amide bonds. The van der Waals surface area contributed by atoms with Crippen LogP contribution in [0.3, 0.4) is 0 Å². The van der Waals surface area contributed by atoms with Gasteiger partial charge in [-0.1, -0.05) is 31.2 Å². The number of hydrazone groups is 1. The molecule has 90 valence electrons. The van der Waals surface area contributed by atoms with Crippen LogP contribution in [0, 0.1) is 0 Å². The van der Waals surface area contributed by atoms with Gasteiger partial charge in [0.25, 0.3) is 0 Å². The Morgan fingerprint density at radius 3 is 2.59 bits per heavy atom. The molecule has 0 spiro atoms. The van der Waals surface area contributed by atoms with Crippen LogP contribution in [0.15, 0.2) is 29.4 Å². The quantitative estimate of drug-likeness (QED) is 0.835. The molecule has 1 atom stereocenters. The summed E-state index contributed by atoms with van der Waals surface area (Å²) in [5.41, 5.74) is 4.78. The molecule has 1 aliphatic rings. The van der Waals surface area contributed by atoms with Gasteiger partial charge < -0.3 is 5.11 Å². The highest BCUT2D eigenvalue weighted by Crippen LogP contribution is 2.21. The van der Waals surface area contributed by atoms with Crippen molar-refractivity contribution in [3.8, 4) is 0 Å². The number of rotatable bonds is 3. The van der Waals surface area contributed by atoms with Crippen LogP contribution in [0.1, 0.15) is 31.4 Å². The number of aryl methyl sites for hydroxylation is 1. The number of benzene rings is 1. The Labute approximate surface area is 100 Å². The smallest absolute Gasteiger partial charge is 0.331 e. The molecule has 0 radical (unpaired) electrons. The van der Waals surface area contributed by atoms with Gasteiger partial charge in [0.1, 0.15) is 0 Å². The lowest BCUT2D eigenvalue weighted by Crippen LogP contribution is -2.44. The van der Waals surface area contributed by atoms with E-state index in [1.165, 1.54) is 5.56 Å². The highest BCUT2D eigenvalue weighted by molar-refractivity contribution is 6.05. The fourth-order valence-corrected chi connectivity index (χ4v) is 1.83. The topological polar surface area (TPSA) is 61.7 Å². The number of carboxylic acids is 1. The van der Waals surface area contributed by atoms with Crippen LogP contribution >= 0.6 is 0 Å². The molecule has 1 aromatic carbocycles. The second-order valence-electron chi connectivity index (χ2n) is 4.53. The number of carbonyl (C=O) groups is 1. The summed E-state index contributed by atoms with van der Waals surface area (Å²) in [6.45, 7) is 3.75. The van der Waals surface area contributed by atoms with Crippen LogP contribution in [0.4, 0.5) is 0 Å². The predicted octanol–water partition coefficient (Wildman–Crippen LogP) is 1.79. The van der Waals surface area contributed by atoms with Crippen LogP contribution in [0.5, 0.6) is 0 Å². The van der Waals surface area contributed by atoms with Gasteiger partial charge in [0.2, 0.25) is 0 Å². The Morgan fingerprint density at radius 2 is 2.12 bits per heavy atom. The first kappa shape index (κ1) is 11.6. The average Bonchev–Trinajstić information content (AvgIpc) is 2.74. The number of hydrogen-bond acceptors (Lipinski definition) is 3. The van der Waals surface area contributed by atoms with Gasteiger partial charge in [-0.05, 0) is 24.5 Å². The number of hydrogen-bond donors (Lipinski definition) is 2. The molecule has 1 unspecified atom stereocenters. The maximum absolute atomic E-state index is 11.1. The molecule has 4 nitrogen and oxygen atoms in total. The van der Waals surface area contributed by atoms with Crippen molar-refractivity contribution >= 4 is 11.7 Å². The third kappa shape index (κ3) is 2.16. The van der Waals surface area contributed by atoms with Crippen molar-refractivity contribution in [2.45, 2.75) is 32.2 Å². The van der Waals surface area contributed by atoms with Crippen molar-refractivity contribution in [2.75, 3.05) is 0 Å². The Hall–Kier alpha value is -1.84. The molecule has 0 aliphatic carbocycles. The molecule has 1 heterocycles. The minimum absolute atomic E-state index is 0.411. The Morgan fingerprint density at radius 1 is 1.47 bits per heavy atom. The van der Waals surface area contributed by atoms with E-state index in [0.29, 0.717) is 6.42 Å². The summed E-state index contributed by atoms with van der Waals surface area (Å²) in [6, 6.07) is 8.09. The molecule has 0 bridgehead atoms. The molecule has 1 aromatic rings. The van der Waals surface area contributed by atoms with Gasteiger partial charge in [-0.2, -0.15) is 5.10 Å². The molecule has 17 heavy (non-hydrogen) atoms. The summed E-state index contributed by atoms with van der Waals surface area (Å²) in [7, 11) is 0. The number of carboxylic acid groups (broad SMARTS) is 1. The van der Waals surface area contributed by atoms with Crippen molar-refractivity contribution in [1.82, 2.24) is 5.43 Å². The zero-order valence-electron chi connectivity index (χ0n) is 10.0. The minimum atomic E-state index is -0.973. The summed E-state index contributed by atoms with van der Waals surface area (Å²) in [5.74, 6) is -0.874. The SMILES string of the molecule is CCc1ccc(C2=NNC(C)(C(=O)O)C2)cc1. The highest BCUT2D eigenvalue weighted by atomic mass is 16.4. The zero-order valence-corrected chi connectivity index (χ0v) is 10.0. The van der Waals surface area contributed by atoms with Crippen molar-refractivity contribution in [3.05, 3.63) is 35.4 Å². The van der Waals surface area contributed by atoms with E-state index in [1.54, 1.807) is 6.92 Å². The van der Waals surface area contributed by atoms with Gasteiger partial charge in [0.15, 0.2) is 5.54 Å². The largest absolute Gasteiger partial charge is 0.479 e. The lowest BCUT2D eigenvalue weighted by Gasteiger charge is -2.16. The van der Waals surface area contributed by atoms with Crippen LogP contribution in [0.2, 0.25) is 0 Å². The number of nitrogens with one attached hydrogen (secondary N) is 1. The first-order valence-corrected chi connectivity index (χ1v) is 5.71. The van der Waals surface area contributed by atoms with E-state index >= 15 is 0 Å². The van der Waals surface area contributed by atoms with E-state index in [4.69, 9.17) is 5.11 Å². The zero-order chi connectivity index (χ0) is 12.5. The van der Waals surface area contributed by atoms with E-state index < -0.39 is 11.5 Å². The normalized spacial score (nSPS) is 23.1. The average molecular weight is 232 g/mol. The maximum Gasteiger partial charge on any atom is 0.331 e. The fraction of sp³-hybridized carbons (Fsp3) is 0.385. The van der Waals surface area contributed by atoms with Gasteiger partial charge in [-0.3, -0.25) is 5.43 Å². The molecule has 0 saturated carbocycles. The minimum Gasteiger partial charge on any atom is -0.479 e. The number of nitrogens with zero attached hydrogens (tertiary/aromatic N) is 1. The van der Waals surface area contributed by atoms with Gasteiger partial charge >= 0.3 is 5.97 Å². The van der Waals surface area contributed by atoms with E-state index in [9.17, 15) is 4.79 Å². The predicted molar refractivity (Wildman–Crippen MR) is 66.2 cm³/mol. The first-order chi connectivity index (χ1) is 8.05. The van der Waals surface area contributed by atoms with Gasteiger partial charge in [0, 0.05) is 6.42 Å². The third-order valence-corrected chi connectivity index (χ3v) is 3.13. The monoisotopic (exact) mass is 232 g/mol. The molecule has 4 heteroatoms. The van der Waals surface area contributed by atoms with Crippen molar-refractivity contribution in [1.29, 1.82) is 0 Å². The second-order valence-corrected chi connectivity index (χ2v) is 4.53.